The summed E-state index contributed by atoms with van der Waals surface area (Å²) in [5.41, 5.74) is 13.0. The van der Waals surface area contributed by atoms with Crippen LogP contribution in [0.3, 0.4) is 0 Å². The van der Waals surface area contributed by atoms with E-state index in [-0.39, 0.29) is 6.23 Å². The zero-order valence-corrected chi connectivity index (χ0v) is 33.3. The van der Waals surface area contributed by atoms with Crippen molar-refractivity contribution >= 4 is 70.8 Å². The van der Waals surface area contributed by atoms with E-state index >= 15 is 0 Å². The second kappa shape index (κ2) is 13.4. The molecule has 0 saturated carbocycles. The minimum absolute atomic E-state index is 0.0778. The van der Waals surface area contributed by atoms with Gasteiger partial charge in [-0.2, -0.15) is 0 Å². The van der Waals surface area contributed by atoms with E-state index in [0.717, 1.165) is 23.5 Å². The van der Waals surface area contributed by atoms with Gasteiger partial charge in [-0.25, -0.2) is 0 Å². The number of fused-ring (bicyclic) bond motifs is 11. The maximum atomic E-state index is 6.50. The number of ether oxygens (including phenoxy) is 1. The topological polar surface area (TPSA) is 31.1 Å². The third-order valence-electron chi connectivity index (χ3n) is 13.0. The minimum atomic E-state index is -0.0778. The predicted molar refractivity (Wildman–Crippen MR) is 255 cm³/mol. The van der Waals surface area contributed by atoms with Gasteiger partial charge in [0.1, 0.15) is 5.75 Å². The van der Waals surface area contributed by atoms with E-state index in [9.17, 15) is 0 Å². The van der Waals surface area contributed by atoms with Gasteiger partial charge in [0.15, 0.2) is 6.23 Å². The Balaban J connectivity index is 0.946. The Kier molecular flexibility index (Phi) is 7.46. The Bertz CT molecular complexity index is 3630. The number of allylic oxidation sites excluding steroid dienone is 3. The minimum Gasteiger partial charge on any atom is -0.468 e. The molecule has 2 aromatic heterocycles. The molecule has 0 saturated heterocycles. The zero-order chi connectivity index (χ0) is 40.0. The lowest BCUT2D eigenvalue weighted by Crippen LogP contribution is -2.29. The van der Waals surface area contributed by atoms with Crippen molar-refractivity contribution in [2.24, 2.45) is 5.92 Å². The fraction of sp³-hybridized carbons (Fsp3) is 0.0526. The molecule has 61 heavy (non-hydrogen) atoms. The van der Waals surface area contributed by atoms with Crippen LogP contribution < -0.4 is 10.1 Å². The predicted octanol–water partition coefficient (Wildman–Crippen LogP) is 14.8. The summed E-state index contributed by atoms with van der Waals surface area (Å²) in [4.78, 5) is 0. The van der Waals surface area contributed by atoms with Crippen molar-refractivity contribution in [3.8, 4) is 39.4 Å². The van der Waals surface area contributed by atoms with Gasteiger partial charge < -0.3 is 19.2 Å². The second-order valence-corrected chi connectivity index (χ2v) is 16.5. The van der Waals surface area contributed by atoms with Gasteiger partial charge >= 0.3 is 0 Å². The van der Waals surface area contributed by atoms with Crippen LogP contribution in [0.15, 0.2) is 206 Å². The first-order chi connectivity index (χ1) is 30.2. The number of anilines is 1. The summed E-state index contributed by atoms with van der Waals surface area (Å²) in [5.74, 6) is 1.22. The molecule has 3 heterocycles. The average Bonchev–Trinajstić information content (AvgIpc) is 4.02. The summed E-state index contributed by atoms with van der Waals surface area (Å²) in [6.45, 7) is 0. The lowest BCUT2D eigenvalue weighted by atomic mass is 9.95. The Morgan fingerprint density at radius 1 is 0.443 bits per heavy atom. The largest absolute Gasteiger partial charge is 0.468 e. The van der Waals surface area contributed by atoms with Crippen LogP contribution in [0.25, 0.3) is 98.8 Å². The molecular weight excluding hydrogens is 743 g/mol. The number of aromatic nitrogens is 2. The van der Waals surface area contributed by atoms with Crippen LogP contribution in [0.1, 0.15) is 6.42 Å². The lowest BCUT2D eigenvalue weighted by molar-refractivity contribution is 0.204. The highest BCUT2D eigenvalue weighted by Crippen LogP contribution is 2.45. The van der Waals surface area contributed by atoms with Crippen LogP contribution in [0.5, 0.6) is 5.75 Å². The number of rotatable bonds is 5. The molecule has 0 bridgehead atoms. The summed E-state index contributed by atoms with van der Waals surface area (Å²) in [6, 6.07) is 66.8. The molecule has 2 unspecified atom stereocenters. The third kappa shape index (κ3) is 5.32. The first-order valence-corrected chi connectivity index (χ1v) is 21.2. The molecule has 9 aromatic carbocycles. The van der Waals surface area contributed by atoms with Gasteiger partial charge in [-0.05, 0) is 124 Å². The molecule has 1 aliphatic heterocycles. The molecule has 1 aliphatic carbocycles. The van der Waals surface area contributed by atoms with E-state index in [1.165, 1.54) is 93.1 Å². The highest BCUT2D eigenvalue weighted by molar-refractivity contribution is 6.17. The highest BCUT2D eigenvalue weighted by atomic mass is 16.5. The standard InChI is InChI=1S/C57H39N3O/c1-4-12-37(13-5-1)57-58-56-54(61-57)31-26-36-20-21-42-32-38(22-27-45(42)55(36)56)39-23-29-52-48(34-39)49-35-41(25-30-53(49)60(52)44-16-8-3-9-17-44)40-24-28-51-47(33-40)46-18-10-11-19-50(46)59(51)43-14-6-2-7-15-43/h1-12,14-35,37,57-58H,13H2. The van der Waals surface area contributed by atoms with Crippen molar-refractivity contribution < 1.29 is 4.74 Å². The van der Waals surface area contributed by atoms with Crippen molar-refractivity contribution in [2.75, 3.05) is 5.32 Å². The molecular formula is C57H39N3O. The van der Waals surface area contributed by atoms with Crippen molar-refractivity contribution in [3.63, 3.8) is 0 Å². The van der Waals surface area contributed by atoms with Crippen molar-refractivity contribution in [1.29, 1.82) is 0 Å². The highest BCUT2D eigenvalue weighted by Gasteiger charge is 2.30. The molecule has 1 N–H and O–H groups in total. The molecule has 4 heteroatoms. The van der Waals surface area contributed by atoms with Gasteiger partial charge in [-0.1, -0.05) is 127 Å². The molecule has 0 radical (unpaired) electrons. The number of hydrogen-bond donors (Lipinski definition) is 1. The second-order valence-electron chi connectivity index (χ2n) is 16.5. The Hall–Kier alpha value is -7.82. The number of nitrogens with one attached hydrogen (secondary N) is 1. The SMILES string of the molecule is C1=CCC(C2Nc3c(ccc4ccc5cc(-c6ccc7c(c6)c6cc(-c8ccc9c(c8)c8ccccc8n9-c8ccccc8)ccc6n7-c6ccccc6)ccc5c34)O2)C=C1. The molecule has 0 fully saturated rings. The molecule has 0 spiro atoms. The van der Waals surface area contributed by atoms with Crippen LogP contribution in [0.2, 0.25) is 0 Å². The molecule has 11 aromatic rings. The number of para-hydroxylation sites is 3. The zero-order valence-electron chi connectivity index (χ0n) is 33.3. The average molecular weight is 782 g/mol. The van der Waals surface area contributed by atoms with Gasteiger partial charge in [0.2, 0.25) is 0 Å². The Morgan fingerprint density at radius 3 is 1.62 bits per heavy atom. The monoisotopic (exact) mass is 781 g/mol. The number of hydrogen-bond acceptors (Lipinski definition) is 2. The molecule has 0 amide bonds. The normalized spacial score (nSPS) is 15.9. The van der Waals surface area contributed by atoms with Crippen LogP contribution in [-0.4, -0.2) is 15.4 Å². The van der Waals surface area contributed by atoms with Crippen molar-refractivity contribution in [1.82, 2.24) is 9.13 Å². The van der Waals surface area contributed by atoms with Gasteiger partial charge in [-0.3, -0.25) is 0 Å². The number of nitrogens with zero attached hydrogens (tertiary/aromatic N) is 2. The van der Waals surface area contributed by atoms with Gasteiger partial charge in [-0.15, -0.1) is 0 Å². The molecule has 4 nitrogen and oxygen atoms in total. The first-order valence-electron chi connectivity index (χ1n) is 21.2. The number of benzene rings is 9. The summed E-state index contributed by atoms with van der Waals surface area (Å²) < 4.78 is 11.3. The quantitative estimate of drug-likeness (QED) is 0.176. The lowest BCUT2D eigenvalue weighted by Gasteiger charge is -2.20. The van der Waals surface area contributed by atoms with Gasteiger partial charge in [0.05, 0.1) is 27.8 Å². The third-order valence-corrected chi connectivity index (χ3v) is 13.0. The maximum Gasteiger partial charge on any atom is 0.176 e. The van der Waals surface area contributed by atoms with Crippen LogP contribution in [0, 0.1) is 5.92 Å². The Morgan fingerprint density at radius 2 is 0.984 bits per heavy atom. The molecule has 2 aliphatic rings. The maximum absolute atomic E-state index is 6.50. The summed E-state index contributed by atoms with van der Waals surface area (Å²) in [6.07, 6.45) is 9.60. The molecule has 2 atom stereocenters. The van der Waals surface area contributed by atoms with Gasteiger partial charge in [0.25, 0.3) is 0 Å². The first kappa shape index (κ1) is 34.1. The fourth-order valence-electron chi connectivity index (χ4n) is 10.1. The smallest absolute Gasteiger partial charge is 0.176 e. The fourth-order valence-corrected chi connectivity index (χ4v) is 10.1. The summed E-state index contributed by atoms with van der Waals surface area (Å²) >= 11 is 0. The van der Waals surface area contributed by atoms with Crippen molar-refractivity contribution in [3.05, 3.63) is 206 Å². The van der Waals surface area contributed by atoms with E-state index in [1.807, 2.05) is 0 Å². The van der Waals surface area contributed by atoms with Crippen LogP contribution in [-0.2, 0) is 0 Å². The van der Waals surface area contributed by atoms with E-state index in [1.54, 1.807) is 0 Å². The molecule has 13 rings (SSSR count). The van der Waals surface area contributed by atoms with Crippen molar-refractivity contribution in [2.45, 2.75) is 12.6 Å². The summed E-state index contributed by atoms with van der Waals surface area (Å²) in [5, 5.41) is 13.6. The van der Waals surface area contributed by atoms with E-state index < -0.39 is 0 Å². The van der Waals surface area contributed by atoms with Crippen LogP contribution >= 0.6 is 0 Å². The van der Waals surface area contributed by atoms with E-state index in [4.69, 9.17) is 4.74 Å². The van der Waals surface area contributed by atoms with Gasteiger partial charge in [0, 0.05) is 44.2 Å². The van der Waals surface area contributed by atoms with E-state index in [0.29, 0.717) is 5.92 Å². The van der Waals surface area contributed by atoms with E-state index in [2.05, 4.69) is 221 Å². The summed E-state index contributed by atoms with van der Waals surface area (Å²) in [7, 11) is 0. The van der Waals surface area contributed by atoms with Crippen LogP contribution in [0.4, 0.5) is 5.69 Å². The Labute approximate surface area is 352 Å². The molecule has 288 valence electrons.